The van der Waals surface area contributed by atoms with Crippen molar-refractivity contribution in [3.8, 4) is 0 Å². The number of amides is 1. The minimum Gasteiger partial charge on any atom is -0.550 e. The van der Waals surface area contributed by atoms with Crippen LogP contribution in [0.15, 0.2) is 36.4 Å². The van der Waals surface area contributed by atoms with Crippen LogP contribution < -0.4 is 5.11 Å². The predicted molar refractivity (Wildman–Crippen MR) is 78.3 cm³/mol. The SMILES string of the molecule is O=C([O-])[C@H]1[C@@H](C(=O)N2CCc3ccccc3C2)[C@@H]2C=C[C@H]1C2. The van der Waals surface area contributed by atoms with E-state index in [9.17, 15) is 14.7 Å². The van der Waals surface area contributed by atoms with Crippen molar-refractivity contribution < 1.29 is 14.7 Å². The van der Waals surface area contributed by atoms with Crippen LogP contribution in [0.3, 0.4) is 0 Å². The number of rotatable bonds is 2. The second kappa shape index (κ2) is 4.97. The van der Waals surface area contributed by atoms with Gasteiger partial charge in [0, 0.05) is 25.0 Å². The number of allylic oxidation sites excluding steroid dienone is 2. The molecule has 0 spiro atoms. The van der Waals surface area contributed by atoms with Crippen molar-refractivity contribution in [2.75, 3.05) is 6.54 Å². The first-order chi connectivity index (χ1) is 10.6. The van der Waals surface area contributed by atoms with Gasteiger partial charge in [0.15, 0.2) is 0 Å². The van der Waals surface area contributed by atoms with Crippen LogP contribution >= 0.6 is 0 Å². The van der Waals surface area contributed by atoms with E-state index in [0.29, 0.717) is 13.1 Å². The number of carbonyl (C=O) groups excluding carboxylic acids is 2. The fraction of sp³-hybridized carbons (Fsp3) is 0.444. The third kappa shape index (κ3) is 1.97. The highest BCUT2D eigenvalue weighted by Crippen LogP contribution is 2.48. The number of hydrogen-bond donors (Lipinski definition) is 0. The monoisotopic (exact) mass is 296 g/mol. The Balaban J connectivity index is 1.58. The molecular formula is C18H18NO3-. The zero-order valence-electron chi connectivity index (χ0n) is 12.3. The molecule has 1 heterocycles. The topological polar surface area (TPSA) is 60.4 Å². The largest absolute Gasteiger partial charge is 0.550 e. The molecule has 4 rings (SSSR count). The van der Waals surface area contributed by atoms with Crippen LogP contribution in [0.5, 0.6) is 0 Å². The molecule has 0 N–H and O–H groups in total. The lowest BCUT2D eigenvalue weighted by molar-refractivity contribution is -0.313. The Bertz CT molecular complexity index is 666. The van der Waals surface area contributed by atoms with Crippen LogP contribution in [0.2, 0.25) is 0 Å². The Labute approximate surface area is 129 Å². The van der Waals surface area contributed by atoms with Crippen LogP contribution in [0, 0.1) is 23.7 Å². The number of hydrogen-bond acceptors (Lipinski definition) is 3. The maximum atomic E-state index is 12.9. The molecule has 1 fully saturated rings. The predicted octanol–water partition coefficient (Wildman–Crippen LogP) is 0.760. The van der Waals surface area contributed by atoms with Crippen molar-refractivity contribution in [1.82, 2.24) is 4.90 Å². The van der Waals surface area contributed by atoms with Gasteiger partial charge in [-0.25, -0.2) is 0 Å². The Morgan fingerprint density at radius 1 is 1.05 bits per heavy atom. The van der Waals surface area contributed by atoms with E-state index in [1.54, 1.807) is 0 Å². The summed E-state index contributed by atoms with van der Waals surface area (Å²) < 4.78 is 0. The lowest BCUT2D eigenvalue weighted by Crippen LogP contribution is -2.47. The van der Waals surface area contributed by atoms with Gasteiger partial charge in [-0.1, -0.05) is 36.4 Å². The van der Waals surface area contributed by atoms with Crippen LogP contribution in [-0.2, 0) is 22.6 Å². The zero-order valence-corrected chi connectivity index (χ0v) is 12.3. The van der Waals surface area contributed by atoms with Crippen LogP contribution in [0.25, 0.3) is 0 Å². The molecule has 0 unspecified atom stereocenters. The zero-order chi connectivity index (χ0) is 15.3. The molecule has 2 aliphatic carbocycles. The van der Waals surface area contributed by atoms with Gasteiger partial charge in [-0.15, -0.1) is 0 Å². The highest BCUT2D eigenvalue weighted by atomic mass is 16.4. The average molecular weight is 296 g/mol. The Hall–Kier alpha value is -2.10. The quantitative estimate of drug-likeness (QED) is 0.757. The molecule has 1 aromatic rings. The fourth-order valence-electron chi connectivity index (χ4n) is 4.37. The summed E-state index contributed by atoms with van der Waals surface area (Å²) in [4.78, 5) is 26.2. The van der Waals surface area contributed by atoms with Gasteiger partial charge in [-0.05, 0) is 35.8 Å². The number of carboxylic acids is 1. The van der Waals surface area contributed by atoms with E-state index in [4.69, 9.17) is 0 Å². The summed E-state index contributed by atoms with van der Waals surface area (Å²) in [6.07, 6.45) is 5.58. The molecule has 1 aliphatic heterocycles. The van der Waals surface area contributed by atoms with Crippen molar-refractivity contribution in [1.29, 1.82) is 0 Å². The molecular weight excluding hydrogens is 278 g/mol. The second-order valence-electron chi connectivity index (χ2n) is 6.60. The molecule has 0 aromatic heterocycles. The molecule has 1 amide bonds. The lowest BCUT2D eigenvalue weighted by Gasteiger charge is -2.35. The van der Waals surface area contributed by atoms with Crippen molar-refractivity contribution in [3.05, 3.63) is 47.5 Å². The number of nitrogens with zero attached hydrogens (tertiary/aromatic N) is 1. The first kappa shape index (κ1) is 13.6. The van der Waals surface area contributed by atoms with Gasteiger partial charge >= 0.3 is 0 Å². The van der Waals surface area contributed by atoms with Gasteiger partial charge in [0.25, 0.3) is 0 Å². The Kier molecular flexibility index (Phi) is 3.06. The first-order valence-corrected chi connectivity index (χ1v) is 7.90. The number of carbonyl (C=O) groups is 2. The van der Waals surface area contributed by atoms with E-state index in [2.05, 4.69) is 6.07 Å². The number of carboxylic acid groups (broad SMARTS) is 1. The molecule has 4 heteroatoms. The molecule has 0 saturated heterocycles. The number of aliphatic carboxylic acids is 1. The average Bonchev–Trinajstić information content (AvgIpc) is 3.14. The Morgan fingerprint density at radius 2 is 1.73 bits per heavy atom. The van der Waals surface area contributed by atoms with E-state index in [1.165, 1.54) is 11.1 Å². The van der Waals surface area contributed by atoms with Gasteiger partial charge in [-0.2, -0.15) is 0 Å². The summed E-state index contributed by atoms with van der Waals surface area (Å²) in [5, 5.41) is 11.5. The van der Waals surface area contributed by atoms with Gasteiger partial charge in [0.05, 0.1) is 5.92 Å². The highest BCUT2D eigenvalue weighted by molar-refractivity contribution is 5.86. The maximum Gasteiger partial charge on any atom is 0.227 e. The molecule has 4 nitrogen and oxygen atoms in total. The molecule has 3 aliphatic rings. The van der Waals surface area contributed by atoms with Crippen molar-refractivity contribution in [2.45, 2.75) is 19.4 Å². The van der Waals surface area contributed by atoms with Gasteiger partial charge in [0.2, 0.25) is 5.91 Å². The first-order valence-electron chi connectivity index (χ1n) is 7.90. The number of benzene rings is 1. The summed E-state index contributed by atoms with van der Waals surface area (Å²) in [5.41, 5.74) is 2.46. The van der Waals surface area contributed by atoms with Crippen LogP contribution in [0.1, 0.15) is 17.5 Å². The van der Waals surface area contributed by atoms with Crippen molar-refractivity contribution in [3.63, 3.8) is 0 Å². The standard InChI is InChI=1S/C18H19NO3/c20-17(15-12-5-6-13(9-12)16(15)18(21)22)19-8-7-11-3-1-2-4-14(11)10-19/h1-6,12-13,15-16H,7-10H2,(H,21,22)/p-1/t12-,13+,15+,16-/m1/s1. The summed E-state index contributed by atoms with van der Waals surface area (Å²) >= 11 is 0. The number of fused-ring (bicyclic) bond motifs is 3. The van der Waals surface area contributed by atoms with Gasteiger partial charge in [0.1, 0.15) is 0 Å². The summed E-state index contributed by atoms with van der Waals surface area (Å²) in [6, 6.07) is 8.15. The molecule has 1 saturated carbocycles. The fourth-order valence-corrected chi connectivity index (χ4v) is 4.37. The third-order valence-corrected chi connectivity index (χ3v) is 5.46. The highest BCUT2D eigenvalue weighted by Gasteiger charge is 2.49. The van der Waals surface area contributed by atoms with E-state index < -0.39 is 17.8 Å². The molecule has 4 atom stereocenters. The second-order valence-corrected chi connectivity index (χ2v) is 6.60. The van der Waals surface area contributed by atoms with Crippen LogP contribution in [0.4, 0.5) is 0 Å². The summed E-state index contributed by atoms with van der Waals surface area (Å²) in [5.74, 6) is -2.14. The Morgan fingerprint density at radius 3 is 2.45 bits per heavy atom. The van der Waals surface area contributed by atoms with Crippen molar-refractivity contribution >= 4 is 11.9 Å². The minimum atomic E-state index is -1.08. The summed E-state index contributed by atoms with van der Waals surface area (Å²) in [7, 11) is 0. The molecule has 0 radical (unpaired) electrons. The van der Waals surface area contributed by atoms with E-state index in [-0.39, 0.29) is 17.7 Å². The van der Waals surface area contributed by atoms with Crippen molar-refractivity contribution in [2.24, 2.45) is 23.7 Å². The summed E-state index contributed by atoms with van der Waals surface area (Å²) in [6.45, 7) is 1.26. The van der Waals surface area contributed by atoms with Crippen LogP contribution in [-0.4, -0.2) is 23.3 Å². The molecule has 114 valence electrons. The maximum absolute atomic E-state index is 12.9. The normalized spacial score (nSPS) is 32.1. The van der Waals surface area contributed by atoms with E-state index in [0.717, 1.165) is 12.8 Å². The van der Waals surface area contributed by atoms with E-state index in [1.807, 2.05) is 35.3 Å². The molecule has 22 heavy (non-hydrogen) atoms. The molecule has 2 bridgehead atoms. The molecule has 1 aromatic carbocycles. The van der Waals surface area contributed by atoms with Gasteiger partial charge in [-0.3, -0.25) is 4.79 Å². The lowest BCUT2D eigenvalue weighted by atomic mass is 9.81. The van der Waals surface area contributed by atoms with E-state index >= 15 is 0 Å². The third-order valence-electron chi connectivity index (χ3n) is 5.46. The minimum absolute atomic E-state index is 0.0134. The smallest absolute Gasteiger partial charge is 0.227 e. The van der Waals surface area contributed by atoms with Gasteiger partial charge < -0.3 is 14.8 Å².